The van der Waals surface area contributed by atoms with Gasteiger partial charge in [-0.05, 0) is 127 Å². The fraction of sp³-hybridized carbons (Fsp3) is 0.219. The highest BCUT2D eigenvalue weighted by Gasteiger charge is 2.53. The molecule has 70 heavy (non-hydrogen) atoms. The van der Waals surface area contributed by atoms with E-state index in [2.05, 4.69) is 100 Å². The molecule has 0 aliphatic heterocycles. The second kappa shape index (κ2) is 21.1. The summed E-state index contributed by atoms with van der Waals surface area (Å²) in [6.07, 6.45) is 8.46. The largest absolute Gasteiger partial charge is 0.376 e. The van der Waals surface area contributed by atoms with Gasteiger partial charge in [-0.1, -0.05) is 245 Å². The Labute approximate surface area is 433 Å². The van der Waals surface area contributed by atoms with E-state index in [4.69, 9.17) is 46.4 Å². The van der Waals surface area contributed by atoms with Gasteiger partial charge in [0.05, 0.1) is 0 Å². The molecule has 0 aromatic heterocycles. The van der Waals surface area contributed by atoms with Gasteiger partial charge in [-0.15, -0.1) is 0 Å². The third-order valence-electron chi connectivity index (χ3n) is 14.0. The van der Waals surface area contributed by atoms with Crippen molar-refractivity contribution in [3.05, 3.63) is 246 Å². The minimum Gasteiger partial charge on any atom is -0.376 e. The van der Waals surface area contributed by atoms with E-state index in [9.17, 15) is 10.2 Å². The Morgan fingerprint density at radius 2 is 0.629 bits per heavy atom. The lowest BCUT2D eigenvalue weighted by Crippen LogP contribution is -2.44. The van der Waals surface area contributed by atoms with Crippen LogP contribution in [0.3, 0.4) is 0 Å². The zero-order valence-electron chi connectivity index (χ0n) is 40.2. The van der Waals surface area contributed by atoms with Gasteiger partial charge in [-0.25, -0.2) is 0 Å². The van der Waals surface area contributed by atoms with Gasteiger partial charge in [0, 0.05) is 42.0 Å². The van der Waals surface area contributed by atoms with Crippen molar-refractivity contribution in [2.45, 2.75) is 90.3 Å². The molecule has 0 amide bonds. The van der Waals surface area contributed by atoms with Crippen LogP contribution in [0.4, 0.5) is 0 Å². The predicted molar refractivity (Wildman–Crippen MR) is 298 cm³/mol. The van der Waals surface area contributed by atoms with Crippen molar-refractivity contribution in [3.63, 3.8) is 0 Å². The summed E-state index contributed by atoms with van der Waals surface area (Å²) in [5, 5.41) is 31.8. The quantitative estimate of drug-likeness (QED) is 0.120. The Balaban J connectivity index is 0.000000174. The summed E-state index contributed by atoms with van der Waals surface area (Å²) in [5.41, 5.74) is 9.92. The summed E-state index contributed by atoms with van der Waals surface area (Å²) in [4.78, 5) is 0. The van der Waals surface area contributed by atoms with Crippen molar-refractivity contribution in [1.82, 2.24) is 0 Å². The van der Waals surface area contributed by atoms with Crippen molar-refractivity contribution in [3.8, 4) is 22.3 Å². The molecule has 0 radical (unpaired) electrons. The second-order valence-corrected chi connectivity index (χ2v) is 20.2. The van der Waals surface area contributed by atoms with Crippen LogP contribution in [0, 0.1) is 0 Å². The number of rotatable bonds is 12. The summed E-state index contributed by atoms with van der Waals surface area (Å²) in [6, 6.07) is 57.2. The van der Waals surface area contributed by atoms with Gasteiger partial charge in [0.2, 0.25) is 0 Å². The number of benzene rings is 9. The highest BCUT2D eigenvalue weighted by molar-refractivity contribution is 6.44. The van der Waals surface area contributed by atoms with E-state index in [1.54, 1.807) is 12.1 Å². The van der Waals surface area contributed by atoms with Gasteiger partial charge in [0.15, 0.2) is 0 Å². The Morgan fingerprint density at radius 3 is 0.943 bits per heavy atom. The van der Waals surface area contributed by atoms with Crippen molar-refractivity contribution in [2.75, 3.05) is 0 Å². The predicted octanol–water partition coefficient (Wildman–Crippen LogP) is 18.3. The fourth-order valence-electron chi connectivity index (χ4n) is 10.7. The maximum absolute atomic E-state index is 12.6. The van der Waals surface area contributed by atoms with Crippen LogP contribution >= 0.6 is 46.4 Å². The van der Waals surface area contributed by atoms with Crippen molar-refractivity contribution in [1.29, 1.82) is 0 Å². The minimum atomic E-state index is -1.59. The maximum atomic E-state index is 12.6. The molecule has 10 rings (SSSR count). The number of halogens is 4. The summed E-state index contributed by atoms with van der Waals surface area (Å²) >= 11 is 27.6. The van der Waals surface area contributed by atoms with Gasteiger partial charge < -0.3 is 10.2 Å². The standard InChI is InChI=1S/C32H30Cl2O2.C32H28Cl2/c1-3-7-21-11-15-23(16-12-21)31(35)25-9-5-6-10-26(25)32(36,24-17-13-22(8-4-2)14-18-24)30-28(34)20-19-27(33)29(30)31;1-3-7-21-11-15-23(16-12-21)29-25-9-5-6-10-26(25)30(24-17-13-22(8-4-2)14-18-24)32-28(34)20-19-27(33)31(29)32/h5-6,9-20,35-36H,3-4,7-8H2,1-2H3;5-6,9-20H,3-4,7-8H2,1-2H3. The molecule has 2 unspecified atom stereocenters. The third kappa shape index (κ3) is 8.98. The fourth-order valence-corrected chi connectivity index (χ4v) is 11.8. The van der Waals surface area contributed by atoms with Crippen LogP contribution in [0.15, 0.2) is 170 Å². The molecule has 0 heterocycles. The van der Waals surface area contributed by atoms with Gasteiger partial charge in [0.1, 0.15) is 11.2 Å². The lowest BCUT2D eigenvalue weighted by Gasteiger charge is -2.46. The summed E-state index contributed by atoms with van der Waals surface area (Å²) in [6.45, 7) is 8.72. The van der Waals surface area contributed by atoms with Crippen LogP contribution in [-0.2, 0) is 36.9 Å². The van der Waals surface area contributed by atoms with Crippen LogP contribution in [-0.4, -0.2) is 10.2 Å². The molecule has 2 N–H and O–H groups in total. The molecule has 9 aromatic carbocycles. The van der Waals surface area contributed by atoms with Gasteiger partial charge >= 0.3 is 0 Å². The van der Waals surface area contributed by atoms with Crippen LogP contribution < -0.4 is 0 Å². The molecule has 1 aliphatic rings. The first-order chi connectivity index (χ1) is 34.0. The molecule has 2 atom stereocenters. The Hall–Kier alpha value is -5.42. The Bertz CT molecular complexity index is 3090. The molecule has 0 saturated heterocycles. The molecule has 2 nitrogen and oxygen atoms in total. The number of aliphatic hydroxyl groups is 2. The molecule has 0 saturated carbocycles. The highest BCUT2D eigenvalue weighted by Crippen LogP contribution is 2.57. The lowest BCUT2D eigenvalue weighted by atomic mass is 9.63. The van der Waals surface area contributed by atoms with Crippen molar-refractivity contribution >= 4 is 67.9 Å². The molecule has 9 aromatic rings. The topological polar surface area (TPSA) is 40.5 Å². The SMILES string of the molecule is CCCc1ccc(-c2c3ccccc3c(-c3ccc(CCC)cc3)c3c(Cl)ccc(Cl)c23)cc1.CCCc1ccc(C2(O)c3ccccc3C(O)(c3ccc(CCC)cc3)c3c(Cl)ccc(Cl)c32)cc1. The van der Waals surface area contributed by atoms with Crippen molar-refractivity contribution < 1.29 is 10.2 Å². The normalized spacial score (nSPS) is 16.1. The summed E-state index contributed by atoms with van der Waals surface area (Å²) in [7, 11) is 0. The summed E-state index contributed by atoms with van der Waals surface area (Å²) < 4.78 is 0. The minimum absolute atomic E-state index is 0.352. The molecule has 354 valence electrons. The second-order valence-electron chi connectivity index (χ2n) is 18.6. The highest BCUT2D eigenvalue weighted by atomic mass is 35.5. The molecule has 0 fully saturated rings. The first-order valence-corrected chi connectivity index (χ1v) is 26.2. The number of aryl methyl sites for hydroxylation is 4. The number of hydrogen-bond donors (Lipinski definition) is 2. The Kier molecular flexibility index (Phi) is 15.0. The first kappa shape index (κ1) is 49.6. The van der Waals surface area contributed by atoms with Crippen LogP contribution in [0.2, 0.25) is 20.1 Å². The van der Waals surface area contributed by atoms with Gasteiger partial charge in [0.25, 0.3) is 0 Å². The number of fused-ring (bicyclic) bond motifs is 4. The van der Waals surface area contributed by atoms with Crippen LogP contribution in [0.1, 0.15) is 109 Å². The van der Waals surface area contributed by atoms with E-state index in [0.717, 1.165) is 94.4 Å². The summed E-state index contributed by atoms with van der Waals surface area (Å²) in [5.74, 6) is 0. The van der Waals surface area contributed by atoms with Crippen LogP contribution in [0.25, 0.3) is 43.8 Å². The monoisotopic (exact) mass is 998 g/mol. The molecule has 0 bridgehead atoms. The Morgan fingerprint density at radius 1 is 0.343 bits per heavy atom. The van der Waals surface area contributed by atoms with E-state index in [1.807, 2.05) is 84.9 Å². The molecule has 0 spiro atoms. The third-order valence-corrected chi connectivity index (χ3v) is 15.2. The molecular weight excluding hydrogens is 943 g/mol. The van der Waals surface area contributed by atoms with E-state index in [1.165, 1.54) is 33.0 Å². The van der Waals surface area contributed by atoms with E-state index >= 15 is 0 Å². The molecule has 1 aliphatic carbocycles. The average Bonchev–Trinajstić information content (AvgIpc) is 3.38. The van der Waals surface area contributed by atoms with Crippen molar-refractivity contribution in [2.24, 2.45) is 0 Å². The zero-order valence-corrected chi connectivity index (χ0v) is 43.3. The van der Waals surface area contributed by atoms with Gasteiger partial charge in [-0.2, -0.15) is 0 Å². The van der Waals surface area contributed by atoms with E-state index < -0.39 is 11.2 Å². The average molecular weight is 1000 g/mol. The maximum Gasteiger partial charge on any atom is 0.142 e. The van der Waals surface area contributed by atoms with Crippen LogP contribution in [0.5, 0.6) is 0 Å². The van der Waals surface area contributed by atoms with E-state index in [-0.39, 0.29) is 0 Å². The zero-order chi connectivity index (χ0) is 49.2. The molecular formula is C64H58Cl4O2. The van der Waals surface area contributed by atoms with E-state index in [0.29, 0.717) is 43.4 Å². The smallest absolute Gasteiger partial charge is 0.142 e. The first-order valence-electron chi connectivity index (χ1n) is 24.7. The number of hydrogen-bond acceptors (Lipinski definition) is 2. The lowest BCUT2D eigenvalue weighted by molar-refractivity contribution is 0.0749. The molecule has 6 heteroatoms. The van der Waals surface area contributed by atoms with Gasteiger partial charge in [-0.3, -0.25) is 0 Å².